The van der Waals surface area contributed by atoms with Gasteiger partial charge in [-0.25, -0.2) is 14.4 Å². The van der Waals surface area contributed by atoms with Crippen molar-refractivity contribution in [3.8, 4) is 0 Å². The molecule has 0 aliphatic heterocycles. The second-order valence-electron chi connectivity index (χ2n) is 7.71. The lowest BCUT2D eigenvalue weighted by Gasteiger charge is -2.30. The number of nitrogens with zero attached hydrogens (tertiary/aromatic N) is 4. The van der Waals surface area contributed by atoms with Crippen LogP contribution in [0.1, 0.15) is 41.7 Å². The largest absolute Gasteiger partial charge is 0.365 e. The van der Waals surface area contributed by atoms with Crippen LogP contribution in [-0.2, 0) is 7.05 Å². The van der Waals surface area contributed by atoms with E-state index in [1.807, 2.05) is 20.0 Å². The van der Waals surface area contributed by atoms with Crippen molar-refractivity contribution in [2.45, 2.75) is 44.7 Å². The van der Waals surface area contributed by atoms with E-state index >= 15 is 0 Å². The lowest BCUT2D eigenvalue weighted by atomic mass is 9.91. The number of aryl methyl sites for hydroxylation is 2. The number of fused-ring (bicyclic) bond motifs is 1. The number of halogens is 1. The average Bonchev–Trinajstić information content (AvgIpc) is 2.99. The lowest BCUT2D eigenvalue weighted by Crippen LogP contribution is -2.43. The van der Waals surface area contributed by atoms with Crippen LogP contribution in [0.25, 0.3) is 11.0 Å². The van der Waals surface area contributed by atoms with Crippen LogP contribution in [0.2, 0.25) is 0 Å². The summed E-state index contributed by atoms with van der Waals surface area (Å²) in [4.78, 5) is 20.6. The molecule has 30 heavy (non-hydrogen) atoms. The quantitative estimate of drug-likeness (QED) is 0.505. The monoisotopic (exact) mass is 412 g/mol. The fourth-order valence-electron chi connectivity index (χ4n) is 3.90. The standard InChI is InChI=1S/C20H25FN8O/c1-10-12-7-11(9-24-20(12)29(2)28-10)25-18-13(17(23)30)8-14(21)19(27-18)26-16-6-4-3-5-15(16)22/h7-9,15-16H,3-6,22H2,1-2H3,(H2,23,30)(H2,25,26,27)/t15-,16+/m0/s1. The van der Waals surface area contributed by atoms with Gasteiger partial charge in [-0.1, -0.05) is 12.8 Å². The Morgan fingerprint density at radius 2 is 2.03 bits per heavy atom. The predicted octanol–water partition coefficient (Wildman–Crippen LogP) is 2.34. The van der Waals surface area contributed by atoms with Crippen LogP contribution < -0.4 is 22.1 Å². The summed E-state index contributed by atoms with van der Waals surface area (Å²) in [5, 5.41) is 11.4. The molecule has 3 heterocycles. The highest BCUT2D eigenvalue weighted by Gasteiger charge is 2.24. The van der Waals surface area contributed by atoms with Gasteiger partial charge in [0.2, 0.25) is 0 Å². The molecule has 6 N–H and O–H groups in total. The van der Waals surface area contributed by atoms with E-state index in [0.717, 1.165) is 48.5 Å². The van der Waals surface area contributed by atoms with Gasteiger partial charge in [0.1, 0.15) is 5.82 Å². The molecular weight excluding hydrogens is 387 g/mol. The van der Waals surface area contributed by atoms with Gasteiger partial charge in [0.25, 0.3) is 5.91 Å². The summed E-state index contributed by atoms with van der Waals surface area (Å²) in [6, 6.07) is 2.79. The van der Waals surface area contributed by atoms with Crippen molar-refractivity contribution in [2.75, 3.05) is 10.6 Å². The van der Waals surface area contributed by atoms with Crippen LogP contribution in [0.15, 0.2) is 18.3 Å². The predicted molar refractivity (Wildman–Crippen MR) is 113 cm³/mol. The van der Waals surface area contributed by atoms with Gasteiger partial charge >= 0.3 is 0 Å². The number of amides is 1. The second kappa shape index (κ2) is 7.86. The summed E-state index contributed by atoms with van der Waals surface area (Å²) in [5.41, 5.74) is 13.7. The molecule has 0 saturated heterocycles. The highest BCUT2D eigenvalue weighted by atomic mass is 19.1. The molecule has 1 saturated carbocycles. The molecule has 4 rings (SSSR count). The Labute approximate surface area is 173 Å². The minimum Gasteiger partial charge on any atom is -0.365 e. The molecule has 1 aliphatic rings. The Hall–Kier alpha value is -3.27. The molecule has 1 aliphatic carbocycles. The van der Waals surface area contributed by atoms with Gasteiger partial charge < -0.3 is 22.1 Å². The zero-order valence-corrected chi connectivity index (χ0v) is 16.9. The molecule has 1 amide bonds. The lowest BCUT2D eigenvalue weighted by molar-refractivity contribution is 0.100. The average molecular weight is 412 g/mol. The minimum absolute atomic E-state index is 0.0384. The summed E-state index contributed by atoms with van der Waals surface area (Å²) < 4.78 is 16.3. The maximum absolute atomic E-state index is 14.7. The fraction of sp³-hybridized carbons (Fsp3) is 0.400. The Balaban J connectivity index is 1.68. The molecule has 158 valence electrons. The van der Waals surface area contributed by atoms with E-state index in [9.17, 15) is 9.18 Å². The molecule has 0 aromatic carbocycles. The van der Waals surface area contributed by atoms with E-state index < -0.39 is 11.7 Å². The van der Waals surface area contributed by atoms with Crippen molar-refractivity contribution in [1.29, 1.82) is 0 Å². The molecule has 0 spiro atoms. The molecule has 1 fully saturated rings. The highest BCUT2D eigenvalue weighted by Crippen LogP contribution is 2.28. The normalized spacial score (nSPS) is 19.1. The van der Waals surface area contributed by atoms with Gasteiger partial charge in [-0.15, -0.1) is 0 Å². The summed E-state index contributed by atoms with van der Waals surface area (Å²) in [6.45, 7) is 1.88. The number of pyridine rings is 2. The van der Waals surface area contributed by atoms with E-state index in [1.54, 1.807) is 10.9 Å². The number of hydrogen-bond donors (Lipinski definition) is 4. The number of hydrogen-bond acceptors (Lipinski definition) is 7. The van der Waals surface area contributed by atoms with Crippen molar-refractivity contribution in [1.82, 2.24) is 19.7 Å². The second-order valence-corrected chi connectivity index (χ2v) is 7.71. The van der Waals surface area contributed by atoms with Crippen molar-refractivity contribution in [3.05, 3.63) is 35.4 Å². The van der Waals surface area contributed by atoms with Gasteiger partial charge in [0.15, 0.2) is 17.3 Å². The topological polar surface area (TPSA) is 137 Å². The molecule has 3 aromatic heterocycles. The number of primary amides is 1. The van der Waals surface area contributed by atoms with E-state index in [-0.39, 0.29) is 29.3 Å². The number of anilines is 3. The smallest absolute Gasteiger partial charge is 0.252 e. The summed E-state index contributed by atoms with van der Waals surface area (Å²) in [6.07, 6.45) is 5.40. The van der Waals surface area contributed by atoms with Crippen LogP contribution in [0.5, 0.6) is 0 Å². The van der Waals surface area contributed by atoms with Crippen LogP contribution in [0, 0.1) is 12.7 Å². The molecular formula is C20H25FN8O. The first-order valence-corrected chi connectivity index (χ1v) is 9.92. The Kier molecular flexibility index (Phi) is 5.25. The van der Waals surface area contributed by atoms with E-state index in [2.05, 4.69) is 25.7 Å². The SMILES string of the molecule is Cc1nn(C)c2ncc(Nc3nc(N[C@@H]4CCCC[C@@H]4N)c(F)cc3C(N)=O)cc12. The first-order chi connectivity index (χ1) is 14.3. The van der Waals surface area contributed by atoms with Gasteiger partial charge in [0.05, 0.1) is 23.1 Å². The van der Waals surface area contributed by atoms with Crippen molar-refractivity contribution >= 4 is 34.3 Å². The summed E-state index contributed by atoms with van der Waals surface area (Å²) >= 11 is 0. The van der Waals surface area contributed by atoms with Crippen LogP contribution in [0.3, 0.4) is 0 Å². The van der Waals surface area contributed by atoms with Crippen LogP contribution in [0.4, 0.5) is 21.7 Å². The molecule has 3 aromatic rings. The third-order valence-electron chi connectivity index (χ3n) is 5.51. The number of rotatable bonds is 5. The number of carbonyl (C=O) groups is 1. The third kappa shape index (κ3) is 3.78. The van der Waals surface area contributed by atoms with Gasteiger partial charge in [-0.2, -0.15) is 5.10 Å². The van der Waals surface area contributed by atoms with Gasteiger partial charge in [-0.3, -0.25) is 9.48 Å². The third-order valence-corrected chi connectivity index (χ3v) is 5.51. The Bertz CT molecular complexity index is 1110. The highest BCUT2D eigenvalue weighted by molar-refractivity contribution is 5.98. The zero-order chi connectivity index (χ0) is 21.4. The molecule has 0 radical (unpaired) electrons. The van der Waals surface area contributed by atoms with E-state index in [0.29, 0.717) is 5.69 Å². The van der Waals surface area contributed by atoms with E-state index in [4.69, 9.17) is 11.5 Å². The maximum atomic E-state index is 14.7. The molecule has 0 bridgehead atoms. The first-order valence-electron chi connectivity index (χ1n) is 9.92. The van der Waals surface area contributed by atoms with Crippen molar-refractivity contribution in [2.24, 2.45) is 18.5 Å². The van der Waals surface area contributed by atoms with Crippen molar-refractivity contribution < 1.29 is 9.18 Å². The Morgan fingerprint density at radius 3 is 2.77 bits per heavy atom. The number of nitrogens with two attached hydrogens (primary N) is 2. The van der Waals surface area contributed by atoms with Gasteiger partial charge in [0, 0.05) is 24.5 Å². The molecule has 2 atom stereocenters. The first kappa shape index (κ1) is 20.0. The number of nitrogens with one attached hydrogen (secondary N) is 2. The number of aromatic nitrogens is 4. The zero-order valence-electron chi connectivity index (χ0n) is 16.9. The molecule has 10 heteroatoms. The maximum Gasteiger partial charge on any atom is 0.252 e. The minimum atomic E-state index is -0.781. The van der Waals surface area contributed by atoms with Gasteiger partial charge in [-0.05, 0) is 31.9 Å². The van der Waals surface area contributed by atoms with Crippen LogP contribution >= 0.6 is 0 Å². The summed E-state index contributed by atoms with van der Waals surface area (Å²) in [5.74, 6) is -1.24. The fourth-order valence-corrected chi connectivity index (χ4v) is 3.90. The van der Waals surface area contributed by atoms with Crippen LogP contribution in [-0.4, -0.2) is 37.7 Å². The molecule has 0 unspecified atom stereocenters. The number of carbonyl (C=O) groups excluding carboxylic acids is 1. The van der Waals surface area contributed by atoms with Crippen molar-refractivity contribution in [3.63, 3.8) is 0 Å². The summed E-state index contributed by atoms with van der Waals surface area (Å²) in [7, 11) is 1.82. The Morgan fingerprint density at radius 1 is 1.27 bits per heavy atom. The van der Waals surface area contributed by atoms with E-state index in [1.165, 1.54) is 0 Å². The molecule has 9 nitrogen and oxygen atoms in total.